The van der Waals surface area contributed by atoms with E-state index in [1.54, 1.807) is 0 Å². The molecule has 88 valence electrons. The van der Waals surface area contributed by atoms with Crippen LogP contribution in [0, 0.1) is 0 Å². The fourth-order valence-electron chi connectivity index (χ4n) is 1.80. The Morgan fingerprint density at radius 2 is 1.94 bits per heavy atom. The van der Waals surface area contributed by atoms with Gasteiger partial charge >= 0.3 is 0 Å². The van der Waals surface area contributed by atoms with Crippen molar-refractivity contribution in [3.63, 3.8) is 0 Å². The molecular formula is C13H19NO2. The summed E-state index contributed by atoms with van der Waals surface area (Å²) < 4.78 is 11.2. The Morgan fingerprint density at radius 1 is 1.19 bits per heavy atom. The minimum atomic E-state index is -0.0112. The molecule has 0 amide bonds. The van der Waals surface area contributed by atoms with Gasteiger partial charge in [0.1, 0.15) is 0 Å². The molecule has 1 fully saturated rings. The van der Waals surface area contributed by atoms with Crippen molar-refractivity contribution in [3.8, 4) is 0 Å². The van der Waals surface area contributed by atoms with Gasteiger partial charge in [0.25, 0.3) is 0 Å². The highest BCUT2D eigenvalue weighted by atomic mass is 16.7. The summed E-state index contributed by atoms with van der Waals surface area (Å²) >= 11 is 0. The van der Waals surface area contributed by atoms with Crippen LogP contribution in [-0.2, 0) is 22.6 Å². The first-order valence-corrected chi connectivity index (χ1v) is 5.89. The fraction of sp³-hybridized carbons (Fsp3) is 0.538. The van der Waals surface area contributed by atoms with Gasteiger partial charge in [-0.3, -0.25) is 0 Å². The lowest BCUT2D eigenvalue weighted by molar-refractivity contribution is -0.168. The van der Waals surface area contributed by atoms with Gasteiger partial charge in [0.15, 0.2) is 6.29 Å². The normalized spacial score (nSPS) is 20.9. The molecule has 0 aliphatic carbocycles. The van der Waals surface area contributed by atoms with Crippen molar-refractivity contribution in [2.45, 2.75) is 38.7 Å². The van der Waals surface area contributed by atoms with Crippen LogP contribution >= 0.6 is 0 Å². The predicted octanol–water partition coefficient (Wildman–Crippen LogP) is 2.19. The Balaban J connectivity index is 1.79. The molecule has 0 bridgehead atoms. The molecule has 1 aromatic rings. The lowest BCUT2D eigenvalue weighted by Gasteiger charge is -2.22. The van der Waals surface area contributed by atoms with E-state index >= 15 is 0 Å². The second kappa shape index (κ2) is 5.99. The van der Waals surface area contributed by atoms with E-state index in [2.05, 4.69) is 12.1 Å². The number of hydrogen-bond acceptors (Lipinski definition) is 3. The van der Waals surface area contributed by atoms with Gasteiger partial charge in [-0.15, -0.1) is 0 Å². The summed E-state index contributed by atoms with van der Waals surface area (Å²) in [5.74, 6) is 0. The zero-order valence-corrected chi connectivity index (χ0v) is 9.52. The Kier molecular flexibility index (Phi) is 4.34. The van der Waals surface area contributed by atoms with Gasteiger partial charge in [-0.05, 0) is 30.4 Å². The van der Waals surface area contributed by atoms with Crippen LogP contribution in [0.4, 0.5) is 0 Å². The van der Waals surface area contributed by atoms with Gasteiger partial charge in [-0.2, -0.15) is 0 Å². The van der Waals surface area contributed by atoms with Gasteiger partial charge in [-0.1, -0.05) is 24.3 Å². The van der Waals surface area contributed by atoms with Crippen molar-refractivity contribution in [3.05, 3.63) is 35.4 Å². The van der Waals surface area contributed by atoms with E-state index < -0.39 is 0 Å². The SMILES string of the molecule is NCc1ccc(COC2CCCCO2)cc1. The molecule has 1 atom stereocenters. The van der Waals surface area contributed by atoms with Crippen molar-refractivity contribution >= 4 is 0 Å². The molecule has 0 radical (unpaired) electrons. The highest BCUT2D eigenvalue weighted by Crippen LogP contribution is 2.15. The molecule has 1 heterocycles. The van der Waals surface area contributed by atoms with Gasteiger partial charge in [0, 0.05) is 13.2 Å². The number of ether oxygens (including phenoxy) is 2. The molecule has 1 aromatic carbocycles. The zero-order chi connectivity index (χ0) is 11.2. The Labute approximate surface area is 96.5 Å². The number of nitrogens with two attached hydrogens (primary N) is 1. The lowest BCUT2D eigenvalue weighted by atomic mass is 10.1. The van der Waals surface area contributed by atoms with E-state index in [1.165, 1.54) is 12.0 Å². The summed E-state index contributed by atoms with van der Waals surface area (Å²) in [7, 11) is 0. The Morgan fingerprint density at radius 3 is 2.56 bits per heavy atom. The zero-order valence-electron chi connectivity index (χ0n) is 9.52. The molecule has 0 aromatic heterocycles. The minimum absolute atomic E-state index is 0.0112. The van der Waals surface area contributed by atoms with E-state index in [1.807, 2.05) is 12.1 Å². The van der Waals surface area contributed by atoms with E-state index in [4.69, 9.17) is 15.2 Å². The molecule has 2 rings (SSSR count). The first kappa shape index (κ1) is 11.6. The molecule has 0 saturated carbocycles. The average Bonchev–Trinajstić information content (AvgIpc) is 2.38. The molecule has 1 aliphatic heterocycles. The maximum atomic E-state index is 5.69. The molecule has 3 heteroatoms. The van der Waals surface area contributed by atoms with E-state index in [-0.39, 0.29) is 6.29 Å². The van der Waals surface area contributed by atoms with Crippen LogP contribution in [0.3, 0.4) is 0 Å². The number of rotatable bonds is 4. The third kappa shape index (κ3) is 3.30. The fourth-order valence-corrected chi connectivity index (χ4v) is 1.80. The quantitative estimate of drug-likeness (QED) is 0.847. The summed E-state index contributed by atoms with van der Waals surface area (Å²) in [4.78, 5) is 0. The first-order valence-electron chi connectivity index (χ1n) is 5.89. The average molecular weight is 221 g/mol. The van der Waals surface area contributed by atoms with Crippen molar-refractivity contribution < 1.29 is 9.47 Å². The summed E-state index contributed by atoms with van der Waals surface area (Å²) in [6.45, 7) is 2.04. The molecule has 1 saturated heterocycles. The lowest BCUT2D eigenvalue weighted by Crippen LogP contribution is -2.21. The van der Waals surface area contributed by atoms with Crippen LogP contribution in [-0.4, -0.2) is 12.9 Å². The largest absolute Gasteiger partial charge is 0.353 e. The molecule has 1 unspecified atom stereocenters. The molecule has 3 nitrogen and oxygen atoms in total. The monoisotopic (exact) mass is 221 g/mol. The number of benzene rings is 1. The highest BCUT2D eigenvalue weighted by Gasteiger charge is 2.13. The van der Waals surface area contributed by atoms with Crippen molar-refractivity contribution in [2.24, 2.45) is 5.73 Å². The third-order valence-electron chi connectivity index (χ3n) is 2.83. The van der Waals surface area contributed by atoms with Crippen molar-refractivity contribution in [2.75, 3.05) is 6.61 Å². The Hall–Kier alpha value is -0.900. The molecule has 16 heavy (non-hydrogen) atoms. The third-order valence-corrected chi connectivity index (χ3v) is 2.83. The van der Waals surface area contributed by atoms with E-state index in [0.29, 0.717) is 13.2 Å². The van der Waals surface area contributed by atoms with Crippen LogP contribution in [0.15, 0.2) is 24.3 Å². The second-order valence-corrected chi connectivity index (χ2v) is 4.13. The molecule has 2 N–H and O–H groups in total. The van der Waals surface area contributed by atoms with Gasteiger partial charge in [-0.25, -0.2) is 0 Å². The van der Waals surface area contributed by atoms with Crippen molar-refractivity contribution in [1.82, 2.24) is 0 Å². The second-order valence-electron chi connectivity index (χ2n) is 4.13. The van der Waals surface area contributed by atoms with Crippen LogP contribution < -0.4 is 5.73 Å². The van der Waals surface area contributed by atoms with Crippen LogP contribution in [0.25, 0.3) is 0 Å². The summed E-state index contributed by atoms with van der Waals surface area (Å²) in [6.07, 6.45) is 3.37. The minimum Gasteiger partial charge on any atom is -0.353 e. The molecule has 1 aliphatic rings. The Bertz CT molecular complexity index is 304. The van der Waals surface area contributed by atoms with Crippen LogP contribution in [0.1, 0.15) is 30.4 Å². The van der Waals surface area contributed by atoms with Gasteiger partial charge in [0.05, 0.1) is 6.61 Å². The van der Waals surface area contributed by atoms with Gasteiger partial charge < -0.3 is 15.2 Å². The predicted molar refractivity (Wildman–Crippen MR) is 62.7 cm³/mol. The van der Waals surface area contributed by atoms with Crippen LogP contribution in [0.5, 0.6) is 0 Å². The molecule has 0 spiro atoms. The van der Waals surface area contributed by atoms with Crippen LogP contribution in [0.2, 0.25) is 0 Å². The van der Waals surface area contributed by atoms with E-state index in [9.17, 15) is 0 Å². The summed E-state index contributed by atoms with van der Waals surface area (Å²) in [5, 5.41) is 0. The van der Waals surface area contributed by atoms with Gasteiger partial charge in [0.2, 0.25) is 0 Å². The topological polar surface area (TPSA) is 44.5 Å². The first-order chi connectivity index (χ1) is 7.88. The maximum Gasteiger partial charge on any atom is 0.158 e. The highest BCUT2D eigenvalue weighted by molar-refractivity contribution is 5.21. The van der Waals surface area contributed by atoms with Crippen molar-refractivity contribution in [1.29, 1.82) is 0 Å². The summed E-state index contributed by atoms with van der Waals surface area (Å²) in [5.41, 5.74) is 7.86. The smallest absolute Gasteiger partial charge is 0.158 e. The van der Waals surface area contributed by atoms with E-state index in [0.717, 1.165) is 25.0 Å². The number of hydrogen-bond donors (Lipinski definition) is 1. The summed E-state index contributed by atoms with van der Waals surface area (Å²) in [6, 6.07) is 8.21. The maximum absolute atomic E-state index is 5.69. The standard InChI is InChI=1S/C13H19NO2/c14-9-11-4-6-12(7-5-11)10-16-13-3-1-2-8-15-13/h4-7,13H,1-3,8-10,14H2. The molecular weight excluding hydrogens is 202 g/mol.